The van der Waals surface area contributed by atoms with Crippen molar-refractivity contribution in [3.8, 4) is 5.75 Å². The second kappa shape index (κ2) is 8.44. The molecule has 0 radical (unpaired) electrons. The third kappa shape index (κ3) is 5.43. The van der Waals surface area contributed by atoms with Crippen LogP contribution < -0.4 is 10.1 Å². The van der Waals surface area contributed by atoms with Crippen LogP contribution in [0.15, 0.2) is 65.4 Å². The molecule has 5 heteroatoms. The van der Waals surface area contributed by atoms with Crippen molar-refractivity contribution in [3.05, 3.63) is 82.3 Å². The minimum Gasteiger partial charge on any atom is -0.489 e. The summed E-state index contributed by atoms with van der Waals surface area (Å²) in [7, 11) is 0. The monoisotopic (exact) mass is 355 g/mol. The number of benzene rings is 2. The standard InChI is InChI=1S/C20H18FNO2S/c21-17-7-4-15(5-8-17)13-24-19-3-1-2-18(12-19)22-20(23)9-6-16-10-11-25-14-16/h1-5,7-8,10-12,14H,6,9,13H2,(H,22,23). The van der Waals surface area contributed by atoms with Crippen molar-refractivity contribution in [1.82, 2.24) is 0 Å². The molecular formula is C20H18FNO2S. The molecule has 1 amide bonds. The van der Waals surface area contributed by atoms with Crippen LogP contribution in [0.3, 0.4) is 0 Å². The molecule has 0 fully saturated rings. The van der Waals surface area contributed by atoms with Crippen LogP contribution in [-0.2, 0) is 17.8 Å². The number of hydrogen-bond donors (Lipinski definition) is 1. The van der Waals surface area contributed by atoms with E-state index in [4.69, 9.17) is 4.74 Å². The van der Waals surface area contributed by atoms with Gasteiger partial charge in [-0.25, -0.2) is 4.39 Å². The quantitative estimate of drug-likeness (QED) is 0.645. The first-order valence-corrected chi connectivity index (χ1v) is 8.91. The Balaban J connectivity index is 1.51. The molecule has 1 N–H and O–H groups in total. The fourth-order valence-corrected chi connectivity index (χ4v) is 3.03. The van der Waals surface area contributed by atoms with Gasteiger partial charge < -0.3 is 10.1 Å². The molecule has 0 aliphatic rings. The lowest BCUT2D eigenvalue weighted by atomic mass is 10.2. The summed E-state index contributed by atoms with van der Waals surface area (Å²) >= 11 is 1.63. The number of aryl methyl sites for hydroxylation is 1. The van der Waals surface area contributed by atoms with Crippen molar-refractivity contribution >= 4 is 22.9 Å². The van der Waals surface area contributed by atoms with Crippen molar-refractivity contribution in [3.63, 3.8) is 0 Å². The third-order valence-corrected chi connectivity index (χ3v) is 4.39. The van der Waals surface area contributed by atoms with Crippen molar-refractivity contribution < 1.29 is 13.9 Å². The number of thiophene rings is 1. The van der Waals surface area contributed by atoms with Gasteiger partial charge in [-0.05, 0) is 58.6 Å². The van der Waals surface area contributed by atoms with Crippen LogP contribution in [0.4, 0.5) is 10.1 Å². The Morgan fingerprint density at radius 2 is 1.92 bits per heavy atom. The Kier molecular flexibility index (Phi) is 5.80. The zero-order valence-electron chi connectivity index (χ0n) is 13.6. The SMILES string of the molecule is O=C(CCc1ccsc1)Nc1cccc(OCc2ccc(F)cc2)c1. The first-order valence-electron chi connectivity index (χ1n) is 7.97. The number of halogens is 1. The predicted octanol–water partition coefficient (Wildman–Crippen LogP) is 5.04. The highest BCUT2D eigenvalue weighted by molar-refractivity contribution is 7.07. The van der Waals surface area contributed by atoms with Crippen molar-refractivity contribution in [2.24, 2.45) is 0 Å². The van der Waals surface area contributed by atoms with E-state index in [9.17, 15) is 9.18 Å². The number of carbonyl (C=O) groups excluding carboxylic acids is 1. The largest absolute Gasteiger partial charge is 0.489 e. The van der Waals surface area contributed by atoms with Gasteiger partial charge in [0.2, 0.25) is 5.91 Å². The molecule has 1 heterocycles. The number of rotatable bonds is 7. The summed E-state index contributed by atoms with van der Waals surface area (Å²) in [5.74, 6) is 0.359. The number of anilines is 1. The molecule has 1 aromatic heterocycles. The molecule has 0 spiro atoms. The van der Waals surface area contributed by atoms with Crippen molar-refractivity contribution in [1.29, 1.82) is 0 Å². The highest BCUT2D eigenvalue weighted by atomic mass is 32.1. The van der Waals surface area contributed by atoms with E-state index in [1.165, 1.54) is 17.7 Å². The van der Waals surface area contributed by atoms with E-state index in [1.807, 2.05) is 29.6 Å². The lowest BCUT2D eigenvalue weighted by Crippen LogP contribution is -2.12. The Labute approximate surface area is 150 Å². The van der Waals surface area contributed by atoms with E-state index < -0.39 is 0 Å². The Hall–Kier alpha value is -2.66. The van der Waals surface area contributed by atoms with Crippen LogP contribution in [0.25, 0.3) is 0 Å². The summed E-state index contributed by atoms with van der Waals surface area (Å²) in [5, 5.41) is 6.95. The smallest absolute Gasteiger partial charge is 0.224 e. The van der Waals surface area contributed by atoms with Gasteiger partial charge in [0.1, 0.15) is 18.2 Å². The molecule has 0 bridgehead atoms. The molecule has 0 aliphatic heterocycles. The van der Waals surface area contributed by atoms with Crippen LogP contribution in [0.5, 0.6) is 5.75 Å². The lowest BCUT2D eigenvalue weighted by Gasteiger charge is -2.09. The molecule has 3 rings (SSSR count). The van der Waals surface area contributed by atoms with Crippen LogP contribution >= 0.6 is 11.3 Å². The van der Waals surface area contributed by atoms with Gasteiger partial charge in [-0.3, -0.25) is 4.79 Å². The fourth-order valence-electron chi connectivity index (χ4n) is 2.33. The predicted molar refractivity (Wildman–Crippen MR) is 98.4 cm³/mol. The molecule has 2 aromatic carbocycles. The summed E-state index contributed by atoms with van der Waals surface area (Å²) in [6, 6.07) is 15.5. The highest BCUT2D eigenvalue weighted by Crippen LogP contribution is 2.19. The molecule has 3 aromatic rings. The zero-order chi connectivity index (χ0) is 17.5. The van der Waals surface area contributed by atoms with Crippen molar-refractivity contribution in [2.75, 3.05) is 5.32 Å². The average molecular weight is 355 g/mol. The molecule has 0 atom stereocenters. The van der Waals surface area contributed by atoms with E-state index in [2.05, 4.69) is 10.7 Å². The Bertz CT molecular complexity index is 816. The molecule has 0 aliphatic carbocycles. The van der Waals surface area contributed by atoms with Crippen LogP contribution in [0, 0.1) is 5.82 Å². The van der Waals surface area contributed by atoms with Crippen LogP contribution in [0.2, 0.25) is 0 Å². The van der Waals surface area contributed by atoms with E-state index in [1.54, 1.807) is 29.5 Å². The molecule has 25 heavy (non-hydrogen) atoms. The maximum atomic E-state index is 12.9. The molecule has 0 saturated carbocycles. The maximum Gasteiger partial charge on any atom is 0.224 e. The number of carbonyl (C=O) groups is 1. The normalized spacial score (nSPS) is 10.4. The van der Waals surface area contributed by atoms with Gasteiger partial charge in [-0.1, -0.05) is 18.2 Å². The van der Waals surface area contributed by atoms with Gasteiger partial charge in [0.05, 0.1) is 0 Å². The minimum absolute atomic E-state index is 0.0260. The Morgan fingerprint density at radius 1 is 1.08 bits per heavy atom. The fraction of sp³-hybridized carbons (Fsp3) is 0.150. The number of amides is 1. The van der Waals surface area contributed by atoms with Gasteiger partial charge in [-0.15, -0.1) is 0 Å². The van der Waals surface area contributed by atoms with Gasteiger partial charge >= 0.3 is 0 Å². The lowest BCUT2D eigenvalue weighted by molar-refractivity contribution is -0.116. The summed E-state index contributed by atoms with van der Waals surface area (Å²) in [5.41, 5.74) is 2.76. The molecular weight excluding hydrogens is 337 g/mol. The Morgan fingerprint density at radius 3 is 2.68 bits per heavy atom. The summed E-state index contributed by atoms with van der Waals surface area (Å²) in [6.45, 7) is 0.343. The van der Waals surface area contributed by atoms with E-state index in [0.717, 1.165) is 12.0 Å². The summed E-state index contributed by atoms with van der Waals surface area (Å²) in [4.78, 5) is 12.0. The van der Waals surface area contributed by atoms with Gasteiger partial charge in [-0.2, -0.15) is 11.3 Å². The number of ether oxygens (including phenoxy) is 1. The van der Waals surface area contributed by atoms with E-state index in [-0.39, 0.29) is 11.7 Å². The highest BCUT2D eigenvalue weighted by Gasteiger charge is 2.05. The minimum atomic E-state index is -0.268. The van der Waals surface area contributed by atoms with Gasteiger partial charge in [0.25, 0.3) is 0 Å². The average Bonchev–Trinajstić information content (AvgIpc) is 3.13. The van der Waals surface area contributed by atoms with Crippen LogP contribution in [-0.4, -0.2) is 5.91 Å². The van der Waals surface area contributed by atoms with E-state index in [0.29, 0.717) is 24.5 Å². The topological polar surface area (TPSA) is 38.3 Å². The van der Waals surface area contributed by atoms with Crippen LogP contribution in [0.1, 0.15) is 17.5 Å². The van der Waals surface area contributed by atoms with Crippen molar-refractivity contribution in [2.45, 2.75) is 19.4 Å². The molecule has 0 unspecified atom stereocenters. The first-order chi connectivity index (χ1) is 12.2. The second-order valence-corrected chi connectivity index (χ2v) is 6.40. The van der Waals surface area contributed by atoms with Gasteiger partial charge in [0.15, 0.2) is 0 Å². The number of hydrogen-bond acceptors (Lipinski definition) is 3. The zero-order valence-corrected chi connectivity index (χ0v) is 14.4. The molecule has 0 saturated heterocycles. The van der Waals surface area contributed by atoms with Gasteiger partial charge in [0, 0.05) is 18.2 Å². The summed E-state index contributed by atoms with van der Waals surface area (Å²) in [6.07, 6.45) is 1.17. The summed E-state index contributed by atoms with van der Waals surface area (Å²) < 4.78 is 18.6. The molecule has 128 valence electrons. The first kappa shape index (κ1) is 17.2. The van der Waals surface area contributed by atoms with E-state index >= 15 is 0 Å². The third-order valence-electron chi connectivity index (χ3n) is 3.66. The second-order valence-electron chi connectivity index (χ2n) is 5.62. The molecule has 3 nitrogen and oxygen atoms in total. The maximum absolute atomic E-state index is 12.9. The number of nitrogens with one attached hydrogen (secondary N) is 1.